The number of rotatable bonds is 5. The highest BCUT2D eigenvalue weighted by molar-refractivity contribution is 7.99. The highest BCUT2D eigenvalue weighted by atomic mass is 32.2. The minimum atomic E-state index is -0.197. The maximum Gasteiger partial charge on any atom is 0.261 e. The maximum atomic E-state index is 12.3. The Morgan fingerprint density at radius 1 is 0.885 bits per heavy atom. The first-order valence-corrected chi connectivity index (χ1v) is 9.45. The van der Waals surface area contributed by atoms with E-state index in [9.17, 15) is 9.59 Å². The lowest BCUT2D eigenvalue weighted by Gasteiger charge is -2.13. The molecule has 130 valence electrons. The highest BCUT2D eigenvalue weighted by Crippen LogP contribution is 2.25. The SMILES string of the molecule is Cc1nc2ccccc2nc1SCCCN1C(=O)c2ccccc2C1=O. The first-order chi connectivity index (χ1) is 12.6. The molecule has 0 bridgehead atoms. The monoisotopic (exact) mass is 363 g/mol. The zero-order valence-electron chi connectivity index (χ0n) is 14.3. The smallest absolute Gasteiger partial charge is 0.261 e. The van der Waals surface area contributed by atoms with Gasteiger partial charge in [-0.3, -0.25) is 14.5 Å². The van der Waals surface area contributed by atoms with E-state index in [1.54, 1.807) is 36.0 Å². The molecule has 5 nitrogen and oxygen atoms in total. The Balaban J connectivity index is 1.38. The van der Waals surface area contributed by atoms with Gasteiger partial charge in [0.1, 0.15) is 5.03 Å². The first-order valence-electron chi connectivity index (χ1n) is 8.46. The molecule has 6 heteroatoms. The van der Waals surface area contributed by atoms with Crippen LogP contribution in [0.5, 0.6) is 0 Å². The van der Waals surface area contributed by atoms with Gasteiger partial charge in [0.15, 0.2) is 0 Å². The number of hydrogen-bond acceptors (Lipinski definition) is 5. The van der Waals surface area contributed by atoms with Crippen molar-refractivity contribution >= 4 is 34.6 Å². The lowest BCUT2D eigenvalue weighted by atomic mass is 10.1. The van der Waals surface area contributed by atoms with E-state index in [1.165, 1.54) is 4.90 Å². The van der Waals surface area contributed by atoms with Crippen molar-refractivity contribution in [2.45, 2.75) is 18.4 Å². The molecule has 26 heavy (non-hydrogen) atoms. The molecule has 2 amide bonds. The first kappa shape index (κ1) is 16.7. The van der Waals surface area contributed by atoms with E-state index in [-0.39, 0.29) is 11.8 Å². The third-order valence-electron chi connectivity index (χ3n) is 4.34. The molecular weight excluding hydrogens is 346 g/mol. The number of imide groups is 1. The Hall–Kier alpha value is -2.73. The Bertz CT molecular complexity index is 984. The summed E-state index contributed by atoms with van der Waals surface area (Å²) in [6.07, 6.45) is 0.712. The number of benzene rings is 2. The lowest BCUT2D eigenvalue weighted by Crippen LogP contribution is -2.31. The molecule has 3 aromatic rings. The molecular formula is C20H17N3O2S. The van der Waals surface area contributed by atoms with Crippen LogP contribution in [0.15, 0.2) is 53.6 Å². The van der Waals surface area contributed by atoms with Crippen molar-refractivity contribution in [1.82, 2.24) is 14.9 Å². The number of hydrogen-bond donors (Lipinski definition) is 0. The van der Waals surface area contributed by atoms with Crippen molar-refractivity contribution < 1.29 is 9.59 Å². The van der Waals surface area contributed by atoms with Crippen molar-refractivity contribution in [3.05, 3.63) is 65.4 Å². The number of nitrogens with zero attached hydrogens (tertiary/aromatic N) is 3. The molecule has 0 saturated carbocycles. The van der Waals surface area contributed by atoms with Crippen LogP contribution in [-0.2, 0) is 0 Å². The molecule has 0 radical (unpaired) electrons. The van der Waals surface area contributed by atoms with Gasteiger partial charge in [0, 0.05) is 12.3 Å². The van der Waals surface area contributed by atoms with Crippen molar-refractivity contribution in [3.8, 4) is 0 Å². The fraction of sp³-hybridized carbons (Fsp3) is 0.200. The zero-order valence-corrected chi connectivity index (χ0v) is 15.1. The van der Waals surface area contributed by atoms with Gasteiger partial charge in [-0.1, -0.05) is 24.3 Å². The Morgan fingerprint density at radius 2 is 1.46 bits per heavy atom. The van der Waals surface area contributed by atoms with Crippen molar-refractivity contribution in [2.24, 2.45) is 0 Å². The Labute approximate surface area is 155 Å². The third kappa shape index (κ3) is 2.97. The van der Waals surface area contributed by atoms with Crippen LogP contribution >= 0.6 is 11.8 Å². The molecule has 0 saturated heterocycles. The molecule has 0 N–H and O–H groups in total. The van der Waals surface area contributed by atoms with Crippen LogP contribution in [0.4, 0.5) is 0 Å². The standard InChI is InChI=1S/C20H17N3O2S/c1-13-18(22-17-10-5-4-9-16(17)21-13)26-12-6-11-23-19(24)14-7-2-3-8-15(14)20(23)25/h2-5,7-10H,6,11-12H2,1H3. The molecule has 0 unspecified atom stereocenters. The molecule has 1 aromatic heterocycles. The zero-order chi connectivity index (χ0) is 18.1. The van der Waals surface area contributed by atoms with Crippen molar-refractivity contribution in [1.29, 1.82) is 0 Å². The van der Waals surface area contributed by atoms with E-state index in [2.05, 4.69) is 9.97 Å². The number of thioether (sulfide) groups is 1. The molecule has 0 atom stereocenters. The summed E-state index contributed by atoms with van der Waals surface area (Å²) in [6, 6.07) is 14.8. The second-order valence-electron chi connectivity index (χ2n) is 6.11. The lowest BCUT2D eigenvalue weighted by molar-refractivity contribution is 0.0655. The predicted octanol–water partition coefficient (Wildman–Crippen LogP) is 3.72. The molecule has 2 heterocycles. The summed E-state index contributed by atoms with van der Waals surface area (Å²) in [5, 5.41) is 0.895. The van der Waals surface area contributed by atoms with Crippen LogP contribution in [-0.4, -0.2) is 39.0 Å². The average molecular weight is 363 g/mol. The number of carbonyl (C=O) groups excluding carboxylic acids is 2. The number of carbonyl (C=O) groups is 2. The predicted molar refractivity (Wildman–Crippen MR) is 101 cm³/mol. The van der Waals surface area contributed by atoms with E-state index >= 15 is 0 Å². The summed E-state index contributed by atoms with van der Waals surface area (Å²) in [7, 11) is 0. The average Bonchev–Trinajstić information content (AvgIpc) is 2.90. The van der Waals surface area contributed by atoms with Crippen molar-refractivity contribution in [3.63, 3.8) is 0 Å². The van der Waals surface area contributed by atoms with E-state index in [0.29, 0.717) is 24.1 Å². The van der Waals surface area contributed by atoms with Crippen molar-refractivity contribution in [2.75, 3.05) is 12.3 Å². The summed E-state index contributed by atoms with van der Waals surface area (Å²) >= 11 is 1.61. The molecule has 0 fully saturated rings. The number of aryl methyl sites for hydroxylation is 1. The van der Waals surface area contributed by atoms with E-state index < -0.39 is 0 Å². The number of amides is 2. The van der Waals surface area contributed by atoms with Gasteiger partial charge in [0.2, 0.25) is 0 Å². The molecule has 4 rings (SSSR count). The minimum absolute atomic E-state index is 0.197. The second-order valence-corrected chi connectivity index (χ2v) is 7.20. The van der Waals surface area contributed by atoms with Gasteiger partial charge in [0.05, 0.1) is 27.9 Å². The van der Waals surface area contributed by atoms with Gasteiger partial charge in [-0.25, -0.2) is 9.97 Å². The fourth-order valence-electron chi connectivity index (χ4n) is 3.04. The van der Waals surface area contributed by atoms with Gasteiger partial charge in [-0.2, -0.15) is 0 Å². The molecule has 1 aliphatic rings. The molecule has 0 spiro atoms. The summed E-state index contributed by atoms with van der Waals surface area (Å²) in [5.41, 5.74) is 3.67. The van der Waals surface area contributed by atoms with E-state index in [0.717, 1.165) is 27.5 Å². The van der Waals surface area contributed by atoms with E-state index in [1.807, 2.05) is 31.2 Å². The van der Waals surface area contributed by atoms with E-state index in [4.69, 9.17) is 0 Å². The van der Waals surface area contributed by atoms with Gasteiger partial charge < -0.3 is 0 Å². The largest absolute Gasteiger partial charge is 0.274 e. The van der Waals surface area contributed by atoms with Gasteiger partial charge in [0.25, 0.3) is 11.8 Å². The third-order valence-corrected chi connectivity index (χ3v) is 5.50. The van der Waals surface area contributed by atoms with Crippen LogP contribution in [0.25, 0.3) is 11.0 Å². The Morgan fingerprint density at radius 3 is 2.12 bits per heavy atom. The van der Waals surface area contributed by atoms with Crippen LogP contribution in [0.2, 0.25) is 0 Å². The summed E-state index contributed by atoms with van der Waals surface area (Å²) < 4.78 is 0. The molecule has 0 aliphatic carbocycles. The number of fused-ring (bicyclic) bond motifs is 2. The number of para-hydroxylation sites is 2. The maximum absolute atomic E-state index is 12.3. The molecule has 1 aliphatic heterocycles. The van der Waals surface area contributed by atoms with Crippen LogP contribution in [0.3, 0.4) is 0 Å². The summed E-state index contributed by atoms with van der Waals surface area (Å²) in [6.45, 7) is 2.37. The topological polar surface area (TPSA) is 63.2 Å². The summed E-state index contributed by atoms with van der Waals surface area (Å²) in [5.74, 6) is 0.371. The minimum Gasteiger partial charge on any atom is -0.274 e. The number of aromatic nitrogens is 2. The second kappa shape index (κ2) is 6.88. The summed E-state index contributed by atoms with van der Waals surface area (Å²) in [4.78, 5) is 35.3. The van der Waals surface area contributed by atoms with Crippen LogP contribution < -0.4 is 0 Å². The quantitative estimate of drug-likeness (QED) is 0.393. The van der Waals surface area contributed by atoms with Crippen LogP contribution in [0.1, 0.15) is 32.8 Å². The van der Waals surface area contributed by atoms with Gasteiger partial charge >= 0.3 is 0 Å². The van der Waals surface area contributed by atoms with Gasteiger partial charge in [-0.15, -0.1) is 11.8 Å². The normalized spacial score (nSPS) is 13.5. The molecule has 2 aromatic carbocycles. The fourth-order valence-corrected chi connectivity index (χ4v) is 3.93. The van der Waals surface area contributed by atoms with Crippen LogP contribution in [0, 0.1) is 6.92 Å². The highest BCUT2D eigenvalue weighted by Gasteiger charge is 2.34. The van der Waals surface area contributed by atoms with Gasteiger partial charge in [-0.05, 0) is 37.6 Å². The Kier molecular flexibility index (Phi) is 4.42.